The smallest absolute Gasteiger partial charge is 0.240 e. The number of aromatic nitrogens is 1. The van der Waals surface area contributed by atoms with E-state index in [1.807, 2.05) is 6.07 Å². The number of nitrogens with one attached hydrogen (secondary N) is 1. The minimum atomic E-state index is -3.50. The van der Waals surface area contributed by atoms with Crippen LogP contribution in [0.2, 0.25) is 0 Å². The van der Waals surface area contributed by atoms with Crippen molar-refractivity contribution in [2.45, 2.75) is 24.3 Å². The van der Waals surface area contributed by atoms with Crippen LogP contribution in [-0.2, 0) is 16.6 Å². The lowest BCUT2D eigenvalue weighted by molar-refractivity contribution is 0.165. The molecule has 0 spiro atoms. The molecule has 1 fully saturated rings. The van der Waals surface area contributed by atoms with Crippen LogP contribution in [-0.4, -0.2) is 45.2 Å². The molecule has 7 nitrogen and oxygen atoms in total. The molecule has 0 aliphatic carbocycles. The van der Waals surface area contributed by atoms with Crippen LogP contribution in [0.5, 0.6) is 5.75 Å². The van der Waals surface area contributed by atoms with Gasteiger partial charge in [-0.1, -0.05) is 5.16 Å². The van der Waals surface area contributed by atoms with Crippen LogP contribution in [0.25, 0.3) is 0 Å². The van der Waals surface area contributed by atoms with Gasteiger partial charge in [0.1, 0.15) is 12.0 Å². The van der Waals surface area contributed by atoms with E-state index in [2.05, 4.69) is 14.8 Å². The van der Waals surface area contributed by atoms with Crippen molar-refractivity contribution in [2.75, 3.05) is 26.7 Å². The molecule has 3 rings (SSSR count). The minimum absolute atomic E-state index is 0.253. The zero-order valence-corrected chi connectivity index (χ0v) is 15.0. The topological polar surface area (TPSA) is 84.7 Å². The number of rotatable bonds is 7. The number of nitrogens with zero attached hydrogens (tertiary/aromatic N) is 2. The zero-order chi connectivity index (χ0) is 17.7. The van der Waals surface area contributed by atoms with Gasteiger partial charge in [0.15, 0.2) is 0 Å². The number of benzene rings is 1. The molecule has 1 aromatic heterocycles. The molecule has 0 amide bonds. The van der Waals surface area contributed by atoms with E-state index in [0.717, 1.165) is 38.2 Å². The first-order valence-corrected chi connectivity index (χ1v) is 9.80. The van der Waals surface area contributed by atoms with Crippen molar-refractivity contribution in [2.24, 2.45) is 5.92 Å². The summed E-state index contributed by atoms with van der Waals surface area (Å²) in [5, 5.41) is 3.94. The summed E-state index contributed by atoms with van der Waals surface area (Å²) < 4.78 is 37.5. The average Bonchev–Trinajstić information content (AvgIpc) is 3.13. The van der Waals surface area contributed by atoms with Crippen LogP contribution in [0.4, 0.5) is 0 Å². The zero-order valence-electron chi connectivity index (χ0n) is 14.2. The van der Waals surface area contributed by atoms with Gasteiger partial charge in [-0.15, -0.1) is 0 Å². The first kappa shape index (κ1) is 17.9. The second-order valence-corrected chi connectivity index (χ2v) is 8.03. The molecule has 0 bridgehead atoms. The predicted molar refractivity (Wildman–Crippen MR) is 92.7 cm³/mol. The van der Waals surface area contributed by atoms with Crippen molar-refractivity contribution < 1.29 is 17.7 Å². The molecule has 1 aliphatic heterocycles. The van der Waals surface area contributed by atoms with E-state index in [4.69, 9.17) is 9.26 Å². The highest BCUT2D eigenvalue weighted by Crippen LogP contribution is 2.19. The maximum absolute atomic E-state index is 12.4. The average molecular weight is 365 g/mol. The summed E-state index contributed by atoms with van der Waals surface area (Å²) in [4.78, 5) is 2.54. The largest absolute Gasteiger partial charge is 0.497 e. The first-order valence-electron chi connectivity index (χ1n) is 8.32. The second kappa shape index (κ2) is 7.99. The number of ether oxygens (including phenoxy) is 1. The van der Waals surface area contributed by atoms with Gasteiger partial charge < -0.3 is 9.26 Å². The number of piperidine rings is 1. The Bertz CT molecular complexity index is 760. The third-order valence-corrected chi connectivity index (χ3v) is 5.85. The van der Waals surface area contributed by atoms with Crippen molar-refractivity contribution in [3.05, 3.63) is 42.3 Å². The summed E-state index contributed by atoms with van der Waals surface area (Å²) in [6.45, 7) is 3.01. The van der Waals surface area contributed by atoms with Gasteiger partial charge in [-0.2, -0.15) is 0 Å². The summed E-state index contributed by atoms with van der Waals surface area (Å²) in [5.74, 6) is 0.920. The summed E-state index contributed by atoms with van der Waals surface area (Å²) in [6, 6.07) is 8.26. The highest BCUT2D eigenvalue weighted by molar-refractivity contribution is 7.89. The Labute approximate surface area is 148 Å². The van der Waals surface area contributed by atoms with E-state index in [9.17, 15) is 8.42 Å². The van der Waals surface area contributed by atoms with E-state index in [1.165, 1.54) is 0 Å². The molecule has 0 saturated carbocycles. The first-order chi connectivity index (χ1) is 12.1. The van der Waals surface area contributed by atoms with Gasteiger partial charge in [0.25, 0.3) is 0 Å². The van der Waals surface area contributed by atoms with Gasteiger partial charge in [0.2, 0.25) is 10.0 Å². The number of likely N-dealkylation sites (tertiary alicyclic amines) is 1. The van der Waals surface area contributed by atoms with E-state index in [0.29, 0.717) is 12.3 Å². The number of methoxy groups -OCH3 is 1. The van der Waals surface area contributed by atoms with Crippen LogP contribution in [0.3, 0.4) is 0 Å². The summed E-state index contributed by atoms with van der Waals surface area (Å²) in [5.41, 5.74) is 0.902. The Hall–Kier alpha value is -1.90. The molecule has 1 atom stereocenters. The van der Waals surface area contributed by atoms with Crippen LogP contribution in [0, 0.1) is 5.92 Å². The molecule has 8 heteroatoms. The monoisotopic (exact) mass is 365 g/mol. The summed E-state index contributed by atoms with van der Waals surface area (Å²) in [6.07, 6.45) is 3.63. The van der Waals surface area contributed by atoms with Gasteiger partial charge in [0, 0.05) is 25.7 Å². The van der Waals surface area contributed by atoms with Crippen molar-refractivity contribution in [1.82, 2.24) is 14.8 Å². The Morgan fingerprint density at radius 3 is 2.80 bits per heavy atom. The number of sulfonamides is 1. The normalized spacial score (nSPS) is 19.0. The Morgan fingerprint density at radius 1 is 1.32 bits per heavy atom. The molecular weight excluding hydrogens is 342 g/mol. The van der Waals surface area contributed by atoms with E-state index < -0.39 is 10.0 Å². The van der Waals surface area contributed by atoms with E-state index in [-0.39, 0.29) is 10.8 Å². The molecule has 2 aromatic rings. The SMILES string of the molecule is COc1ccc(S(=O)(=O)NCC2CCCN(Cc3ccon3)C2)cc1. The molecule has 1 saturated heterocycles. The Morgan fingerprint density at radius 2 is 2.12 bits per heavy atom. The number of hydrogen-bond acceptors (Lipinski definition) is 6. The lowest BCUT2D eigenvalue weighted by atomic mass is 9.98. The van der Waals surface area contributed by atoms with Crippen LogP contribution in [0.1, 0.15) is 18.5 Å². The van der Waals surface area contributed by atoms with Crippen molar-refractivity contribution in [3.63, 3.8) is 0 Å². The minimum Gasteiger partial charge on any atom is -0.497 e. The molecule has 136 valence electrons. The molecule has 1 unspecified atom stereocenters. The lowest BCUT2D eigenvalue weighted by Gasteiger charge is -2.32. The quantitative estimate of drug-likeness (QED) is 0.806. The number of hydrogen-bond donors (Lipinski definition) is 1. The molecule has 25 heavy (non-hydrogen) atoms. The summed E-state index contributed by atoms with van der Waals surface area (Å²) >= 11 is 0. The third kappa shape index (κ3) is 4.81. The van der Waals surface area contributed by atoms with Gasteiger partial charge in [-0.25, -0.2) is 13.1 Å². The third-order valence-electron chi connectivity index (χ3n) is 4.41. The van der Waals surface area contributed by atoms with Crippen LogP contribution < -0.4 is 9.46 Å². The second-order valence-electron chi connectivity index (χ2n) is 6.26. The van der Waals surface area contributed by atoms with Gasteiger partial charge >= 0.3 is 0 Å². The molecular formula is C17H23N3O4S. The van der Waals surface area contributed by atoms with Crippen LogP contribution in [0.15, 0.2) is 46.0 Å². The maximum Gasteiger partial charge on any atom is 0.240 e. The fraction of sp³-hybridized carbons (Fsp3) is 0.471. The molecule has 0 radical (unpaired) electrons. The van der Waals surface area contributed by atoms with Gasteiger partial charge in [-0.05, 0) is 49.6 Å². The van der Waals surface area contributed by atoms with Crippen LogP contribution >= 0.6 is 0 Å². The molecule has 2 heterocycles. The highest BCUT2D eigenvalue weighted by atomic mass is 32.2. The molecule has 1 aliphatic rings. The maximum atomic E-state index is 12.4. The van der Waals surface area contributed by atoms with Gasteiger partial charge in [-0.3, -0.25) is 4.90 Å². The molecule has 1 N–H and O–H groups in total. The van der Waals surface area contributed by atoms with Crippen molar-refractivity contribution in [3.8, 4) is 5.75 Å². The fourth-order valence-corrected chi connectivity index (χ4v) is 4.19. The standard InChI is InChI=1S/C17H23N3O4S/c1-23-16-4-6-17(7-5-16)25(21,22)18-11-14-3-2-9-20(12-14)13-15-8-10-24-19-15/h4-8,10,14,18H,2-3,9,11-13H2,1H3. The van der Waals surface area contributed by atoms with E-state index >= 15 is 0 Å². The molecule has 1 aromatic carbocycles. The highest BCUT2D eigenvalue weighted by Gasteiger charge is 2.23. The van der Waals surface area contributed by atoms with Gasteiger partial charge in [0.05, 0.1) is 17.7 Å². The Kier molecular flexibility index (Phi) is 5.72. The predicted octanol–water partition coefficient (Wildman–Crippen LogP) is 1.87. The van der Waals surface area contributed by atoms with E-state index in [1.54, 1.807) is 37.6 Å². The lowest BCUT2D eigenvalue weighted by Crippen LogP contribution is -2.40. The van der Waals surface area contributed by atoms with Crippen molar-refractivity contribution in [1.29, 1.82) is 0 Å². The summed E-state index contributed by atoms with van der Waals surface area (Å²) in [7, 11) is -1.95. The van der Waals surface area contributed by atoms with Crippen molar-refractivity contribution >= 4 is 10.0 Å². The fourth-order valence-electron chi connectivity index (χ4n) is 3.08. The Balaban J connectivity index is 1.54.